The average molecular weight is 222 g/mol. The number of aromatic nitrogens is 2. The van der Waals surface area contributed by atoms with E-state index in [1.807, 2.05) is 25.1 Å². The molecular weight excluding hydrogens is 208 g/mol. The molecule has 0 saturated heterocycles. The Hall–Kier alpha value is -1.29. The van der Waals surface area contributed by atoms with E-state index >= 15 is 0 Å². The molecule has 2 rings (SSSR count). The van der Waals surface area contributed by atoms with Crippen molar-refractivity contribution in [1.29, 1.82) is 0 Å². The van der Waals surface area contributed by atoms with Crippen LogP contribution in [-0.4, -0.2) is 16.2 Å². The molecule has 3 nitrogen and oxygen atoms in total. The summed E-state index contributed by atoms with van der Waals surface area (Å²) in [5.74, 6) is 0.869. The number of ether oxygens (including phenoxy) is 1. The highest BCUT2D eigenvalue weighted by Gasteiger charge is 2.07. The minimum atomic E-state index is 0.664. The maximum absolute atomic E-state index is 5.54. The van der Waals surface area contributed by atoms with Crippen molar-refractivity contribution in [3.05, 3.63) is 23.0 Å². The molecule has 0 bridgehead atoms. The number of nitrogens with one attached hydrogen (secondary N) is 1. The van der Waals surface area contributed by atoms with Crippen molar-refractivity contribution in [2.24, 2.45) is 0 Å². The summed E-state index contributed by atoms with van der Waals surface area (Å²) >= 11 is 5.25. The number of rotatable bonds is 3. The van der Waals surface area contributed by atoms with Gasteiger partial charge in [-0.2, -0.15) is 0 Å². The third-order valence-electron chi connectivity index (χ3n) is 2.39. The van der Waals surface area contributed by atoms with Crippen molar-refractivity contribution < 1.29 is 4.74 Å². The first-order valence-electron chi connectivity index (χ1n) is 5.12. The molecule has 4 heteroatoms. The summed E-state index contributed by atoms with van der Waals surface area (Å²) in [5, 5.41) is 0. The second-order valence-corrected chi connectivity index (χ2v) is 3.64. The molecule has 1 heterocycles. The second kappa shape index (κ2) is 4.06. The molecule has 0 atom stereocenters. The van der Waals surface area contributed by atoms with E-state index in [0.717, 1.165) is 28.1 Å². The van der Waals surface area contributed by atoms with Crippen molar-refractivity contribution in [2.75, 3.05) is 6.61 Å². The van der Waals surface area contributed by atoms with Crippen molar-refractivity contribution in [3.8, 4) is 5.75 Å². The van der Waals surface area contributed by atoms with Crippen LogP contribution < -0.4 is 4.74 Å². The Morgan fingerprint density at radius 2 is 2.20 bits per heavy atom. The van der Waals surface area contributed by atoms with Crippen molar-refractivity contribution in [2.45, 2.75) is 20.4 Å². The van der Waals surface area contributed by atoms with E-state index in [0.29, 0.717) is 6.61 Å². The predicted molar refractivity (Wildman–Crippen MR) is 64.0 cm³/mol. The number of para-hydroxylation sites is 1. The summed E-state index contributed by atoms with van der Waals surface area (Å²) in [5.41, 5.74) is 2.10. The van der Waals surface area contributed by atoms with Gasteiger partial charge >= 0.3 is 0 Å². The fourth-order valence-electron chi connectivity index (χ4n) is 1.74. The molecule has 1 aromatic heterocycles. The molecule has 2 aromatic rings. The van der Waals surface area contributed by atoms with Gasteiger partial charge in [0.1, 0.15) is 11.3 Å². The van der Waals surface area contributed by atoms with Gasteiger partial charge in [0.15, 0.2) is 4.77 Å². The molecule has 1 aromatic carbocycles. The minimum absolute atomic E-state index is 0.664. The molecule has 0 unspecified atom stereocenters. The highest BCUT2D eigenvalue weighted by Crippen LogP contribution is 2.24. The van der Waals surface area contributed by atoms with Gasteiger partial charge < -0.3 is 14.3 Å². The molecule has 0 fully saturated rings. The van der Waals surface area contributed by atoms with Crippen LogP contribution in [0.25, 0.3) is 11.0 Å². The zero-order valence-corrected chi connectivity index (χ0v) is 9.73. The lowest BCUT2D eigenvalue weighted by atomic mass is 10.3. The molecule has 0 saturated carbocycles. The van der Waals surface area contributed by atoms with Gasteiger partial charge in [0.25, 0.3) is 0 Å². The highest BCUT2D eigenvalue weighted by molar-refractivity contribution is 7.71. The van der Waals surface area contributed by atoms with Gasteiger partial charge in [0.05, 0.1) is 12.1 Å². The first kappa shape index (κ1) is 10.2. The Morgan fingerprint density at radius 1 is 1.40 bits per heavy atom. The van der Waals surface area contributed by atoms with Crippen LogP contribution in [0.15, 0.2) is 18.2 Å². The molecule has 1 N–H and O–H groups in total. The lowest BCUT2D eigenvalue weighted by molar-refractivity contribution is 0.343. The SMILES string of the molecule is CCOc1cccc2c1[nH]c(=S)n2CC. The van der Waals surface area contributed by atoms with Gasteiger partial charge in [-0.1, -0.05) is 6.07 Å². The van der Waals surface area contributed by atoms with Crippen LogP contribution >= 0.6 is 12.2 Å². The minimum Gasteiger partial charge on any atom is -0.492 e. The normalized spacial score (nSPS) is 10.8. The van der Waals surface area contributed by atoms with E-state index in [1.165, 1.54) is 0 Å². The zero-order chi connectivity index (χ0) is 10.8. The molecule has 0 aliphatic heterocycles. The first-order valence-corrected chi connectivity index (χ1v) is 5.53. The molecule has 0 radical (unpaired) electrons. The summed E-state index contributed by atoms with van der Waals surface area (Å²) in [6.45, 7) is 5.59. The second-order valence-electron chi connectivity index (χ2n) is 3.26. The predicted octanol–water partition coefficient (Wildman–Crippen LogP) is 3.12. The number of aryl methyl sites for hydroxylation is 1. The molecule has 15 heavy (non-hydrogen) atoms. The number of benzene rings is 1. The van der Waals surface area contributed by atoms with Crippen LogP contribution in [0.5, 0.6) is 5.75 Å². The largest absolute Gasteiger partial charge is 0.492 e. The van der Waals surface area contributed by atoms with E-state index in [4.69, 9.17) is 17.0 Å². The third-order valence-corrected chi connectivity index (χ3v) is 2.71. The molecule has 0 aliphatic carbocycles. The van der Waals surface area contributed by atoms with E-state index in [2.05, 4.69) is 16.5 Å². The van der Waals surface area contributed by atoms with Gasteiger partial charge in [-0.05, 0) is 38.2 Å². The van der Waals surface area contributed by atoms with Crippen LogP contribution in [-0.2, 0) is 6.54 Å². The molecule has 80 valence electrons. The van der Waals surface area contributed by atoms with Gasteiger partial charge in [-0.3, -0.25) is 0 Å². The zero-order valence-electron chi connectivity index (χ0n) is 8.91. The summed E-state index contributed by atoms with van der Waals surface area (Å²) in [6.07, 6.45) is 0. The maximum atomic E-state index is 5.54. The van der Waals surface area contributed by atoms with Crippen LogP contribution in [0.3, 0.4) is 0 Å². The third kappa shape index (κ3) is 1.65. The van der Waals surface area contributed by atoms with Gasteiger partial charge in [-0.25, -0.2) is 0 Å². The summed E-state index contributed by atoms with van der Waals surface area (Å²) in [6, 6.07) is 5.99. The van der Waals surface area contributed by atoms with Crippen LogP contribution in [0.2, 0.25) is 0 Å². The number of imidazole rings is 1. The monoisotopic (exact) mass is 222 g/mol. The van der Waals surface area contributed by atoms with Crippen LogP contribution in [0.1, 0.15) is 13.8 Å². The fraction of sp³-hybridized carbons (Fsp3) is 0.364. The maximum Gasteiger partial charge on any atom is 0.178 e. The Labute approximate surface area is 93.7 Å². The quantitative estimate of drug-likeness (QED) is 0.809. The van der Waals surface area contributed by atoms with Crippen LogP contribution in [0.4, 0.5) is 0 Å². The van der Waals surface area contributed by atoms with Gasteiger partial charge in [0, 0.05) is 6.54 Å². The summed E-state index contributed by atoms with van der Waals surface area (Å²) in [7, 11) is 0. The number of aromatic amines is 1. The van der Waals surface area contributed by atoms with E-state index < -0.39 is 0 Å². The van der Waals surface area contributed by atoms with Crippen molar-refractivity contribution in [1.82, 2.24) is 9.55 Å². The van der Waals surface area contributed by atoms with Crippen molar-refractivity contribution in [3.63, 3.8) is 0 Å². The standard InChI is InChI=1S/C11H14N2OS/c1-3-13-8-6-5-7-9(14-4-2)10(8)12-11(13)15/h5-7H,3-4H2,1-2H3,(H,12,15). The first-order chi connectivity index (χ1) is 7.27. The molecule has 0 aliphatic rings. The van der Waals surface area contributed by atoms with Crippen molar-refractivity contribution >= 4 is 23.3 Å². The number of nitrogens with zero attached hydrogens (tertiary/aromatic N) is 1. The Bertz CT molecular complexity index is 527. The highest BCUT2D eigenvalue weighted by atomic mass is 32.1. The Balaban J connectivity index is 2.72. The number of hydrogen-bond acceptors (Lipinski definition) is 2. The number of hydrogen-bond donors (Lipinski definition) is 1. The molecule has 0 amide bonds. The average Bonchev–Trinajstić information content (AvgIpc) is 2.55. The van der Waals surface area contributed by atoms with E-state index in [9.17, 15) is 0 Å². The van der Waals surface area contributed by atoms with Gasteiger partial charge in [0.2, 0.25) is 0 Å². The van der Waals surface area contributed by atoms with Crippen LogP contribution in [0, 0.1) is 4.77 Å². The topological polar surface area (TPSA) is 29.9 Å². The summed E-state index contributed by atoms with van der Waals surface area (Å²) in [4.78, 5) is 3.18. The lowest BCUT2D eigenvalue weighted by Gasteiger charge is -2.04. The Morgan fingerprint density at radius 3 is 2.87 bits per heavy atom. The van der Waals surface area contributed by atoms with E-state index in [-0.39, 0.29) is 0 Å². The van der Waals surface area contributed by atoms with E-state index in [1.54, 1.807) is 0 Å². The lowest BCUT2D eigenvalue weighted by Crippen LogP contribution is -1.94. The fourth-order valence-corrected chi connectivity index (χ4v) is 2.07. The summed E-state index contributed by atoms with van der Waals surface area (Å²) < 4.78 is 8.35. The number of H-pyrrole nitrogens is 1. The molecular formula is C11H14N2OS. The number of fused-ring (bicyclic) bond motifs is 1. The Kier molecular flexibility index (Phi) is 2.77. The van der Waals surface area contributed by atoms with Gasteiger partial charge in [-0.15, -0.1) is 0 Å². The molecule has 0 spiro atoms. The smallest absolute Gasteiger partial charge is 0.178 e.